The van der Waals surface area contributed by atoms with Crippen LogP contribution in [0.5, 0.6) is 0 Å². The first-order valence-electron chi connectivity index (χ1n) is 8.97. The molecule has 136 valence electrons. The van der Waals surface area contributed by atoms with Gasteiger partial charge in [-0.2, -0.15) is 0 Å². The number of hydrogen-bond acceptors (Lipinski definition) is 5. The van der Waals surface area contributed by atoms with E-state index in [1.54, 1.807) is 0 Å². The van der Waals surface area contributed by atoms with Crippen LogP contribution in [0.15, 0.2) is 6.20 Å². The van der Waals surface area contributed by atoms with E-state index >= 15 is 0 Å². The Labute approximate surface area is 148 Å². The number of aryl methyl sites for hydroxylation is 1. The summed E-state index contributed by atoms with van der Waals surface area (Å²) >= 11 is 0. The highest BCUT2D eigenvalue weighted by Crippen LogP contribution is 2.44. The van der Waals surface area contributed by atoms with Crippen molar-refractivity contribution in [2.24, 2.45) is 0 Å². The van der Waals surface area contributed by atoms with Gasteiger partial charge in [-0.1, -0.05) is 0 Å². The number of likely N-dealkylation sites (tertiary alicyclic amines) is 1. The van der Waals surface area contributed by atoms with Crippen LogP contribution in [-0.2, 0) is 21.4 Å². The van der Waals surface area contributed by atoms with Crippen LogP contribution in [0, 0.1) is 0 Å². The second-order valence-corrected chi connectivity index (χ2v) is 7.37. The van der Waals surface area contributed by atoms with Crippen molar-refractivity contribution >= 4 is 17.8 Å². The van der Waals surface area contributed by atoms with Gasteiger partial charge in [0.1, 0.15) is 0 Å². The Bertz CT molecular complexity index is 671. The van der Waals surface area contributed by atoms with Crippen LogP contribution in [0.2, 0.25) is 0 Å². The van der Waals surface area contributed by atoms with Gasteiger partial charge in [0.15, 0.2) is 0 Å². The Hall–Kier alpha value is -2.18. The van der Waals surface area contributed by atoms with Crippen LogP contribution in [0.25, 0.3) is 0 Å². The monoisotopic (exact) mass is 345 g/mol. The molecule has 25 heavy (non-hydrogen) atoms. The average Bonchev–Trinajstić information content (AvgIpc) is 2.92. The molecule has 7 nitrogen and oxygen atoms in total. The van der Waals surface area contributed by atoms with Crippen LogP contribution in [-0.4, -0.2) is 60.4 Å². The summed E-state index contributed by atoms with van der Waals surface area (Å²) in [6, 6.07) is 0. The lowest BCUT2D eigenvalue weighted by molar-refractivity contribution is -0.133. The maximum Gasteiger partial charge on any atom is 0.225 e. The largest absolute Gasteiger partial charge is 0.356 e. The predicted molar refractivity (Wildman–Crippen MR) is 95.5 cm³/mol. The van der Waals surface area contributed by atoms with Gasteiger partial charge in [0.05, 0.1) is 5.69 Å². The van der Waals surface area contributed by atoms with Gasteiger partial charge >= 0.3 is 0 Å². The van der Waals surface area contributed by atoms with Crippen LogP contribution >= 0.6 is 0 Å². The summed E-state index contributed by atoms with van der Waals surface area (Å²) in [5.41, 5.74) is 2.31. The quantitative estimate of drug-likeness (QED) is 0.876. The summed E-state index contributed by atoms with van der Waals surface area (Å²) in [5, 5.41) is 2.70. The van der Waals surface area contributed by atoms with Crippen molar-refractivity contribution in [2.45, 2.75) is 44.4 Å². The van der Waals surface area contributed by atoms with Crippen molar-refractivity contribution in [3.8, 4) is 0 Å². The molecule has 1 fully saturated rings. The molecule has 2 aliphatic rings. The molecule has 1 N–H and O–H groups in total. The van der Waals surface area contributed by atoms with E-state index in [1.165, 1.54) is 12.5 Å². The molecular weight excluding hydrogens is 318 g/mol. The van der Waals surface area contributed by atoms with Gasteiger partial charge in [-0.15, -0.1) is 0 Å². The Morgan fingerprint density at radius 2 is 2.16 bits per heavy atom. The highest BCUT2D eigenvalue weighted by atomic mass is 16.2. The standard InChI is InChI=1S/C18H27N5O2/c1-13(24)19-9-6-15(25)23-10-4-7-18(12-23)8-5-14-11-20-17(22(2)3)21-16(14)18/h11H,4-10,12H2,1-3H3,(H,19,24). The van der Waals surface area contributed by atoms with Crippen LogP contribution in [0.3, 0.4) is 0 Å². The lowest BCUT2D eigenvalue weighted by Gasteiger charge is -2.40. The molecule has 2 heterocycles. The van der Waals surface area contributed by atoms with Crippen molar-refractivity contribution in [3.63, 3.8) is 0 Å². The topological polar surface area (TPSA) is 78.4 Å². The molecule has 0 bridgehead atoms. The van der Waals surface area contributed by atoms with Gasteiger partial charge in [-0.05, 0) is 31.2 Å². The third-order valence-electron chi connectivity index (χ3n) is 5.27. The smallest absolute Gasteiger partial charge is 0.225 e. The van der Waals surface area contributed by atoms with E-state index in [2.05, 4.69) is 10.3 Å². The lowest BCUT2D eigenvalue weighted by Crippen LogP contribution is -2.48. The number of carbonyl (C=O) groups is 2. The highest BCUT2D eigenvalue weighted by Gasteiger charge is 2.44. The number of anilines is 1. The molecule has 0 saturated carbocycles. The summed E-state index contributed by atoms with van der Waals surface area (Å²) < 4.78 is 0. The van der Waals surface area contributed by atoms with E-state index in [1.807, 2.05) is 30.1 Å². The Kier molecular flexibility index (Phi) is 4.92. The molecule has 1 aliphatic heterocycles. The van der Waals surface area contributed by atoms with Gasteiger partial charge in [-0.3, -0.25) is 9.59 Å². The number of nitrogens with one attached hydrogen (secondary N) is 1. The van der Waals surface area contributed by atoms with Gasteiger partial charge < -0.3 is 15.1 Å². The molecule has 3 rings (SSSR count). The molecule has 2 amide bonds. The Morgan fingerprint density at radius 3 is 2.88 bits per heavy atom. The summed E-state index contributed by atoms with van der Waals surface area (Å²) in [6.07, 6.45) is 6.38. The Balaban J connectivity index is 1.75. The Morgan fingerprint density at radius 1 is 1.36 bits per heavy atom. The minimum Gasteiger partial charge on any atom is -0.356 e. The van der Waals surface area contributed by atoms with Crippen molar-refractivity contribution in [1.82, 2.24) is 20.2 Å². The second-order valence-electron chi connectivity index (χ2n) is 7.37. The number of nitrogens with zero attached hydrogens (tertiary/aromatic N) is 4. The molecule has 1 aliphatic carbocycles. The number of hydrogen-bond donors (Lipinski definition) is 1. The zero-order valence-corrected chi connectivity index (χ0v) is 15.3. The van der Waals surface area contributed by atoms with E-state index in [9.17, 15) is 9.59 Å². The van der Waals surface area contributed by atoms with Gasteiger partial charge in [0.25, 0.3) is 0 Å². The molecule has 0 aromatic carbocycles. The fourth-order valence-corrected chi connectivity index (χ4v) is 3.99. The maximum absolute atomic E-state index is 12.5. The normalized spacial score (nSPS) is 22.0. The number of amides is 2. The van der Waals surface area contributed by atoms with E-state index < -0.39 is 0 Å². The molecule has 1 saturated heterocycles. The zero-order valence-electron chi connectivity index (χ0n) is 15.3. The summed E-state index contributed by atoms with van der Waals surface area (Å²) in [4.78, 5) is 36.7. The van der Waals surface area contributed by atoms with Crippen LogP contribution in [0.1, 0.15) is 43.9 Å². The number of fused-ring (bicyclic) bond motifs is 2. The average molecular weight is 345 g/mol. The minimum atomic E-state index is -0.0967. The van der Waals surface area contributed by atoms with Crippen molar-refractivity contribution in [3.05, 3.63) is 17.5 Å². The molecule has 1 spiro atoms. The van der Waals surface area contributed by atoms with E-state index in [4.69, 9.17) is 4.98 Å². The maximum atomic E-state index is 12.5. The molecule has 1 unspecified atom stereocenters. The first-order chi connectivity index (χ1) is 11.9. The third-order valence-corrected chi connectivity index (χ3v) is 5.27. The first-order valence-corrected chi connectivity index (χ1v) is 8.97. The minimum absolute atomic E-state index is 0.0368. The molecule has 1 aromatic heterocycles. The summed E-state index contributed by atoms with van der Waals surface area (Å²) in [6.45, 7) is 3.39. The molecular formula is C18H27N5O2. The number of rotatable bonds is 4. The second kappa shape index (κ2) is 6.98. The fraction of sp³-hybridized carbons (Fsp3) is 0.667. The SMILES string of the molecule is CC(=O)NCCC(=O)N1CCCC2(CCc3cnc(N(C)C)nc32)C1. The first kappa shape index (κ1) is 17.6. The van der Waals surface area contributed by atoms with Gasteiger partial charge in [0, 0.05) is 58.7 Å². The molecule has 1 atom stereocenters. The highest BCUT2D eigenvalue weighted by molar-refractivity contribution is 5.78. The van der Waals surface area contributed by atoms with E-state index in [0.717, 1.165) is 50.4 Å². The zero-order chi connectivity index (χ0) is 18.0. The number of piperidine rings is 1. The molecule has 7 heteroatoms. The lowest BCUT2D eigenvalue weighted by atomic mass is 9.77. The van der Waals surface area contributed by atoms with Crippen molar-refractivity contribution in [1.29, 1.82) is 0 Å². The number of aromatic nitrogens is 2. The molecule has 0 radical (unpaired) electrons. The number of carbonyl (C=O) groups excluding carboxylic acids is 2. The van der Waals surface area contributed by atoms with Gasteiger partial charge in [-0.25, -0.2) is 9.97 Å². The van der Waals surface area contributed by atoms with Gasteiger partial charge in [0.2, 0.25) is 17.8 Å². The van der Waals surface area contributed by atoms with E-state index in [0.29, 0.717) is 13.0 Å². The molecule has 1 aromatic rings. The fourth-order valence-electron chi connectivity index (χ4n) is 3.99. The summed E-state index contributed by atoms with van der Waals surface area (Å²) in [7, 11) is 3.89. The van der Waals surface area contributed by atoms with Crippen LogP contribution in [0.4, 0.5) is 5.95 Å². The van der Waals surface area contributed by atoms with Crippen molar-refractivity contribution < 1.29 is 9.59 Å². The van der Waals surface area contributed by atoms with E-state index in [-0.39, 0.29) is 17.2 Å². The predicted octanol–water partition coefficient (Wildman–Crippen LogP) is 0.875. The van der Waals surface area contributed by atoms with Crippen molar-refractivity contribution in [2.75, 3.05) is 38.6 Å². The van der Waals surface area contributed by atoms with Crippen LogP contribution < -0.4 is 10.2 Å². The summed E-state index contributed by atoms with van der Waals surface area (Å²) in [5.74, 6) is 0.748. The third kappa shape index (κ3) is 3.60.